The number of aliphatic carboxylic acids is 1. The molecule has 0 saturated carbocycles. The van der Waals surface area contributed by atoms with Crippen LogP contribution in [0.25, 0.3) is 10.2 Å². The molecule has 30 heavy (non-hydrogen) atoms. The molecule has 1 amide bonds. The van der Waals surface area contributed by atoms with E-state index >= 15 is 0 Å². The summed E-state index contributed by atoms with van der Waals surface area (Å²) in [5.74, 6) is -0.365. The molecule has 0 bridgehead atoms. The zero-order valence-electron chi connectivity index (χ0n) is 16.3. The third-order valence-corrected chi connectivity index (χ3v) is 6.80. The number of aromatic nitrogens is 2. The van der Waals surface area contributed by atoms with E-state index in [-0.39, 0.29) is 11.8 Å². The molecule has 3 aromatic rings. The van der Waals surface area contributed by atoms with Crippen LogP contribution < -0.4 is 5.32 Å². The van der Waals surface area contributed by atoms with Crippen molar-refractivity contribution in [3.05, 3.63) is 64.3 Å². The Balaban J connectivity index is 1.47. The lowest BCUT2D eigenvalue weighted by Crippen LogP contribution is -2.34. The van der Waals surface area contributed by atoms with Gasteiger partial charge in [-0.05, 0) is 18.9 Å². The smallest absolute Gasteiger partial charge is 0.330 e. The number of fused-ring (bicyclic) bond motifs is 3. The third-order valence-electron chi connectivity index (χ3n) is 5.67. The Hall–Kier alpha value is -3.26. The molecule has 0 radical (unpaired) electrons. The van der Waals surface area contributed by atoms with Crippen molar-refractivity contribution in [1.82, 2.24) is 14.9 Å². The van der Waals surface area contributed by atoms with Crippen molar-refractivity contribution in [2.75, 3.05) is 5.32 Å². The monoisotopic (exact) mass is 420 g/mol. The summed E-state index contributed by atoms with van der Waals surface area (Å²) in [5.41, 5.74) is 2.92. The average molecular weight is 420 g/mol. The number of nitrogens with one attached hydrogen (secondary N) is 1. The van der Waals surface area contributed by atoms with Crippen molar-refractivity contribution in [3.63, 3.8) is 0 Å². The Labute approximate surface area is 177 Å². The highest BCUT2D eigenvalue weighted by Gasteiger charge is 2.34. The second-order valence-corrected chi connectivity index (χ2v) is 8.83. The first-order valence-electron chi connectivity index (χ1n) is 9.77. The SMILES string of the molecule is CC1=CC(C(=O)N2Cc3sc4ncnc(NC(C(=O)O)c5ccccc5)c4c3C2)C1. The molecular formula is C22H20N4O3S. The zero-order valence-corrected chi connectivity index (χ0v) is 17.1. The van der Waals surface area contributed by atoms with Crippen molar-refractivity contribution >= 4 is 39.2 Å². The Morgan fingerprint density at radius 1 is 1.23 bits per heavy atom. The summed E-state index contributed by atoms with van der Waals surface area (Å²) in [5, 5.41) is 13.7. The second-order valence-electron chi connectivity index (χ2n) is 7.75. The Kier molecular flexibility index (Phi) is 4.51. The molecule has 0 spiro atoms. The van der Waals surface area contributed by atoms with Crippen molar-refractivity contribution in [1.29, 1.82) is 0 Å². The van der Waals surface area contributed by atoms with Crippen LogP contribution >= 0.6 is 11.3 Å². The van der Waals surface area contributed by atoms with E-state index in [0.29, 0.717) is 24.5 Å². The van der Waals surface area contributed by atoms with Crippen LogP contribution in [0.5, 0.6) is 0 Å². The molecule has 5 rings (SSSR count). The van der Waals surface area contributed by atoms with Gasteiger partial charge in [-0.2, -0.15) is 0 Å². The van der Waals surface area contributed by atoms with E-state index < -0.39 is 12.0 Å². The van der Waals surface area contributed by atoms with E-state index in [2.05, 4.69) is 15.3 Å². The van der Waals surface area contributed by atoms with Crippen LogP contribution in [-0.2, 0) is 22.7 Å². The highest BCUT2D eigenvalue weighted by atomic mass is 32.1. The Morgan fingerprint density at radius 3 is 2.70 bits per heavy atom. The van der Waals surface area contributed by atoms with E-state index in [4.69, 9.17) is 0 Å². The molecule has 2 unspecified atom stereocenters. The molecule has 1 aliphatic heterocycles. The number of carboxylic acid groups (broad SMARTS) is 1. The molecule has 1 aliphatic carbocycles. The second kappa shape index (κ2) is 7.21. The van der Waals surface area contributed by atoms with Gasteiger partial charge in [0.1, 0.15) is 17.0 Å². The molecule has 2 N–H and O–H groups in total. The third kappa shape index (κ3) is 3.13. The Morgan fingerprint density at radius 2 is 2.00 bits per heavy atom. The number of anilines is 1. The minimum Gasteiger partial charge on any atom is -0.479 e. The highest BCUT2D eigenvalue weighted by molar-refractivity contribution is 7.19. The van der Waals surface area contributed by atoms with Crippen LogP contribution in [0.1, 0.15) is 35.4 Å². The predicted octanol–water partition coefficient (Wildman–Crippen LogP) is 3.74. The molecule has 1 aromatic carbocycles. The molecule has 0 saturated heterocycles. The molecule has 2 atom stereocenters. The van der Waals surface area contributed by atoms with Gasteiger partial charge in [0.15, 0.2) is 6.04 Å². The maximum absolute atomic E-state index is 12.8. The maximum atomic E-state index is 12.8. The van der Waals surface area contributed by atoms with Gasteiger partial charge in [-0.15, -0.1) is 11.3 Å². The predicted molar refractivity (Wildman–Crippen MR) is 114 cm³/mol. The number of hydrogen-bond donors (Lipinski definition) is 2. The number of allylic oxidation sites excluding steroid dienone is 1. The van der Waals surface area contributed by atoms with Crippen LogP contribution in [0.15, 0.2) is 48.3 Å². The van der Waals surface area contributed by atoms with Gasteiger partial charge in [-0.3, -0.25) is 4.79 Å². The first-order chi connectivity index (χ1) is 14.5. The zero-order chi connectivity index (χ0) is 20.8. The summed E-state index contributed by atoms with van der Waals surface area (Å²) in [6.45, 7) is 3.11. The van der Waals surface area contributed by atoms with Gasteiger partial charge in [0, 0.05) is 17.0 Å². The van der Waals surface area contributed by atoms with Crippen LogP contribution in [0.4, 0.5) is 5.82 Å². The lowest BCUT2D eigenvalue weighted by atomic mass is 9.86. The van der Waals surface area contributed by atoms with E-state index in [1.165, 1.54) is 11.9 Å². The number of nitrogens with zero attached hydrogens (tertiary/aromatic N) is 3. The topological polar surface area (TPSA) is 95.4 Å². The van der Waals surface area contributed by atoms with Crippen molar-refractivity contribution in [3.8, 4) is 0 Å². The summed E-state index contributed by atoms with van der Waals surface area (Å²) in [4.78, 5) is 37.2. The van der Waals surface area contributed by atoms with Gasteiger partial charge in [0.25, 0.3) is 0 Å². The fraction of sp³-hybridized carbons (Fsp3) is 0.273. The number of amides is 1. The molecule has 3 heterocycles. The number of carbonyl (C=O) groups is 2. The van der Waals surface area contributed by atoms with Crippen LogP contribution in [0, 0.1) is 5.92 Å². The summed E-state index contributed by atoms with van der Waals surface area (Å²) in [7, 11) is 0. The van der Waals surface area contributed by atoms with Gasteiger partial charge in [-0.1, -0.05) is 42.0 Å². The number of rotatable bonds is 5. The van der Waals surface area contributed by atoms with Gasteiger partial charge >= 0.3 is 5.97 Å². The average Bonchev–Trinajstić information content (AvgIpc) is 3.27. The Bertz CT molecular complexity index is 1190. The van der Waals surface area contributed by atoms with E-state index in [1.807, 2.05) is 36.1 Å². The minimum atomic E-state index is -0.983. The maximum Gasteiger partial charge on any atom is 0.330 e. The normalized spacial score (nSPS) is 18.5. The fourth-order valence-corrected chi connectivity index (χ4v) is 5.30. The highest BCUT2D eigenvalue weighted by Crippen LogP contribution is 2.41. The van der Waals surface area contributed by atoms with Crippen molar-refractivity contribution in [2.45, 2.75) is 32.5 Å². The van der Waals surface area contributed by atoms with Crippen LogP contribution in [-0.4, -0.2) is 31.9 Å². The molecule has 152 valence electrons. The number of benzene rings is 1. The number of carbonyl (C=O) groups excluding carboxylic acids is 1. The molecular weight excluding hydrogens is 400 g/mol. The molecule has 8 heteroatoms. The largest absolute Gasteiger partial charge is 0.479 e. The summed E-state index contributed by atoms with van der Waals surface area (Å²) in [6, 6.07) is 8.09. The fourth-order valence-electron chi connectivity index (χ4n) is 4.14. The van der Waals surface area contributed by atoms with E-state index in [9.17, 15) is 14.7 Å². The molecule has 2 aromatic heterocycles. The molecule has 0 fully saturated rings. The lowest BCUT2D eigenvalue weighted by Gasteiger charge is -2.27. The standard InChI is InChI=1S/C22H20N4O3S/c1-12-7-14(8-12)21(27)26-9-15-16(10-26)30-20-17(15)19(23-11-24-20)25-18(22(28)29)13-5-3-2-4-6-13/h2-7,11,14,18H,8-10H2,1H3,(H,28,29)(H,23,24,25). The quantitative estimate of drug-likeness (QED) is 0.611. The van der Waals surface area contributed by atoms with E-state index in [0.717, 1.165) is 27.1 Å². The van der Waals surface area contributed by atoms with Gasteiger partial charge in [-0.25, -0.2) is 14.8 Å². The van der Waals surface area contributed by atoms with Gasteiger partial charge in [0.2, 0.25) is 5.91 Å². The first-order valence-corrected chi connectivity index (χ1v) is 10.6. The molecule has 2 aliphatic rings. The minimum absolute atomic E-state index is 0.0198. The van der Waals surface area contributed by atoms with E-state index in [1.54, 1.807) is 23.5 Å². The molecule has 7 nitrogen and oxygen atoms in total. The van der Waals surface area contributed by atoms with Crippen LogP contribution in [0.3, 0.4) is 0 Å². The number of carboxylic acids is 1. The van der Waals surface area contributed by atoms with Crippen LogP contribution in [0.2, 0.25) is 0 Å². The summed E-state index contributed by atoms with van der Waals surface area (Å²) >= 11 is 1.54. The lowest BCUT2D eigenvalue weighted by molar-refractivity contribution is -0.138. The summed E-state index contributed by atoms with van der Waals surface area (Å²) < 4.78 is 0. The number of hydrogen-bond acceptors (Lipinski definition) is 6. The first kappa shape index (κ1) is 18.7. The number of thiophene rings is 1. The van der Waals surface area contributed by atoms with Crippen molar-refractivity contribution < 1.29 is 14.7 Å². The van der Waals surface area contributed by atoms with Gasteiger partial charge in [0.05, 0.1) is 17.8 Å². The van der Waals surface area contributed by atoms with Crippen molar-refractivity contribution in [2.24, 2.45) is 5.92 Å². The summed E-state index contributed by atoms with van der Waals surface area (Å²) in [6.07, 6.45) is 4.31. The van der Waals surface area contributed by atoms with Gasteiger partial charge < -0.3 is 15.3 Å².